The molecule has 2 rings (SSSR count). The quantitative estimate of drug-likeness (QED) is 0.825. The zero-order chi connectivity index (χ0) is 13.1. The van der Waals surface area contributed by atoms with Crippen LogP contribution in [-0.2, 0) is 11.5 Å². The molecule has 2 aromatic rings. The van der Waals surface area contributed by atoms with Crippen molar-refractivity contribution in [1.82, 2.24) is 9.55 Å². The van der Waals surface area contributed by atoms with Crippen molar-refractivity contribution in [1.29, 1.82) is 0 Å². The van der Waals surface area contributed by atoms with E-state index >= 15 is 0 Å². The number of fused-ring (bicyclic) bond motifs is 1. The van der Waals surface area contributed by atoms with Gasteiger partial charge in [-0.2, -0.15) is 0 Å². The molecule has 0 radical (unpaired) electrons. The Bertz CT molecular complexity index is 697. The average Bonchev–Trinajstić information content (AvgIpc) is 2.33. The number of ether oxygens (including phenoxy) is 1. The zero-order valence-electron chi connectivity index (χ0n) is 10.1. The molecule has 0 spiro atoms. The number of nitrogens with zero attached hydrogens (tertiary/aromatic N) is 1. The third-order valence-corrected chi connectivity index (χ3v) is 2.47. The fourth-order valence-electron chi connectivity index (χ4n) is 1.68. The molecule has 1 N–H and O–H groups in total. The summed E-state index contributed by atoms with van der Waals surface area (Å²) in [5.74, 6) is 0. The molecule has 0 saturated carbocycles. The van der Waals surface area contributed by atoms with Crippen molar-refractivity contribution < 1.29 is 4.74 Å². The first-order chi connectivity index (χ1) is 8.59. The van der Waals surface area contributed by atoms with Crippen LogP contribution >= 0.6 is 0 Å². The largest absolute Gasteiger partial charge is 0.356 e. The maximum Gasteiger partial charge on any atom is 0.330 e. The maximum absolute atomic E-state index is 11.7. The molecule has 1 aromatic carbocycles. The number of rotatable bonds is 4. The predicted molar refractivity (Wildman–Crippen MR) is 69.6 cm³/mol. The van der Waals surface area contributed by atoms with E-state index in [1.807, 2.05) is 6.92 Å². The van der Waals surface area contributed by atoms with Crippen molar-refractivity contribution in [2.75, 3.05) is 6.61 Å². The van der Waals surface area contributed by atoms with Gasteiger partial charge < -0.3 is 4.74 Å². The normalized spacial score (nSPS) is 10.7. The summed E-state index contributed by atoms with van der Waals surface area (Å²) in [5.41, 5.74) is 0.580. The first-order valence-electron chi connectivity index (χ1n) is 5.53. The summed E-state index contributed by atoms with van der Waals surface area (Å²) in [7, 11) is 0. The summed E-state index contributed by atoms with van der Waals surface area (Å²) >= 11 is 0. The molecule has 0 aliphatic heterocycles. The monoisotopic (exact) mass is 246 g/mol. The highest BCUT2D eigenvalue weighted by Crippen LogP contribution is 2.06. The van der Waals surface area contributed by atoms with Crippen molar-refractivity contribution in [2.24, 2.45) is 0 Å². The van der Waals surface area contributed by atoms with Gasteiger partial charge in [0, 0.05) is 0 Å². The molecule has 0 unspecified atom stereocenters. The van der Waals surface area contributed by atoms with Crippen LogP contribution in [-0.4, -0.2) is 16.2 Å². The molecule has 0 bridgehead atoms. The van der Waals surface area contributed by atoms with Crippen LogP contribution in [0.5, 0.6) is 0 Å². The van der Waals surface area contributed by atoms with E-state index in [-0.39, 0.29) is 12.3 Å². The zero-order valence-corrected chi connectivity index (χ0v) is 10.1. The van der Waals surface area contributed by atoms with E-state index < -0.39 is 5.69 Å². The molecule has 0 saturated heterocycles. The van der Waals surface area contributed by atoms with Crippen LogP contribution in [0.25, 0.3) is 10.9 Å². The van der Waals surface area contributed by atoms with Gasteiger partial charge in [0.25, 0.3) is 5.56 Å². The second-order valence-electron chi connectivity index (χ2n) is 4.14. The highest BCUT2D eigenvalue weighted by molar-refractivity contribution is 5.77. The van der Waals surface area contributed by atoms with Crippen molar-refractivity contribution >= 4 is 10.9 Å². The maximum atomic E-state index is 11.7. The Balaban J connectivity index is 2.46. The Labute approximate surface area is 103 Å². The van der Waals surface area contributed by atoms with Crippen molar-refractivity contribution in [2.45, 2.75) is 13.7 Å². The highest BCUT2D eigenvalue weighted by Gasteiger charge is 2.06. The molecule has 5 nitrogen and oxygen atoms in total. The molecule has 0 aliphatic carbocycles. The van der Waals surface area contributed by atoms with Crippen molar-refractivity contribution in [3.63, 3.8) is 0 Å². The number of hydrogen-bond acceptors (Lipinski definition) is 3. The van der Waals surface area contributed by atoms with E-state index in [9.17, 15) is 9.59 Å². The van der Waals surface area contributed by atoms with Crippen LogP contribution in [0.4, 0.5) is 0 Å². The SMILES string of the molecule is C=C(C)COCn1c(=O)[nH]c(=O)c2ccccc21. The summed E-state index contributed by atoms with van der Waals surface area (Å²) in [6.45, 7) is 6.02. The van der Waals surface area contributed by atoms with Gasteiger partial charge in [-0.3, -0.25) is 14.3 Å². The summed E-state index contributed by atoms with van der Waals surface area (Å²) in [4.78, 5) is 25.6. The molecule has 1 aromatic heterocycles. The highest BCUT2D eigenvalue weighted by atomic mass is 16.5. The first-order valence-corrected chi connectivity index (χ1v) is 5.53. The number of hydrogen-bond donors (Lipinski definition) is 1. The van der Waals surface area contributed by atoms with E-state index in [2.05, 4.69) is 11.6 Å². The van der Waals surface area contributed by atoms with E-state index in [1.165, 1.54) is 4.57 Å². The van der Waals surface area contributed by atoms with Crippen LogP contribution in [0, 0.1) is 0 Å². The lowest BCUT2D eigenvalue weighted by Gasteiger charge is -2.09. The van der Waals surface area contributed by atoms with Crippen LogP contribution < -0.4 is 11.2 Å². The molecular formula is C13H14N2O3. The van der Waals surface area contributed by atoms with Gasteiger partial charge in [0.2, 0.25) is 0 Å². The Morgan fingerprint density at radius 2 is 2.11 bits per heavy atom. The van der Waals surface area contributed by atoms with Crippen molar-refractivity contribution in [3.8, 4) is 0 Å². The minimum atomic E-state index is -0.472. The van der Waals surface area contributed by atoms with Gasteiger partial charge in [-0.05, 0) is 19.1 Å². The molecule has 94 valence electrons. The van der Waals surface area contributed by atoms with Gasteiger partial charge >= 0.3 is 5.69 Å². The summed E-state index contributed by atoms with van der Waals surface area (Å²) in [6, 6.07) is 6.91. The average molecular weight is 246 g/mol. The van der Waals surface area contributed by atoms with Crippen LogP contribution in [0.1, 0.15) is 6.92 Å². The third-order valence-electron chi connectivity index (χ3n) is 2.47. The van der Waals surface area contributed by atoms with Gasteiger partial charge in [-0.1, -0.05) is 24.3 Å². The number of nitrogens with one attached hydrogen (secondary N) is 1. The van der Waals surface area contributed by atoms with E-state index in [4.69, 9.17) is 4.74 Å². The molecule has 0 atom stereocenters. The van der Waals surface area contributed by atoms with Gasteiger partial charge in [-0.15, -0.1) is 0 Å². The molecular weight excluding hydrogens is 232 g/mol. The fourth-order valence-corrected chi connectivity index (χ4v) is 1.68. The second kappa shape index (κ2) is 5.01. The smallest absolute Gasteiger partial charge is 0.330 e. The molecule has 0 aliphatic rings. The Kier molecular flexibility index (Phi) is 3.43. The van der Waals surface area contributed by atoms with E-state index in [0.29, 0.717) is 17.5 Å². The van der Waals surface area contributed by atoms with Crippen LogP contribution in [0.2, 0.25) is 0 Å². The first kappa shape index (κ1) is 12.3. The van der Waals surface area contributed by atoms with Gasteiger partial charge in [0.1, 0.15) is 6.73 Å². The summed E-state index contributed by atoms with van der Waals surface area (Å²) in [6.07, 6.45) is 0. The lowest BCUT2D eigenvalue weighted by molar-refractivity contribution is 0.0950. The lowest BCUT2D eigenvalue weighted by Crippen LogP contribution is -2.31. The van der Waals surface area contributed by atoms with Crippen LogP contribution in [0.15, 0.2) is 46.0 Å². The Hall–Kier alpha value is -2.14. The third kappa shape index (κ3) is 2.41. The Morgan fingerprint density at radius 3 is 2.83 bits per heavy atom. The van der Waals surface area contributed by atoms with Gasteiger partial charge in [-0.25, -0.2) is 4.79 Å². The minimum Gasteiger partial charge on any atom is -0.356 e. The summed E-state index contributed by atoms with van der Waals surface area (Å²) < 4.78 is 6.74. The minimum absolute atomic E-state index is 0.0863. The van der Waals surface area contributed by atoms with E-state index in [0.717, 1.165) is 5.57 Å². The Morgan fingerprint density at radius 1 is 1.39 bits per heavy atom. The number of benzene rings is 1. The van der Waals surface area contributed by atoms with Gasteiger partial charge in [0.05, 0.1) is 17.5 Å². The second-order valence-corrected chi connectivity index (χ2v) is 4.14. The summed E-state index contributed by atoms with van der Waals surface area (Å²) in [5, 5.41) is 0.469. The van der Waals surface area contributed by atoms with Crippen LogP contribution in [0.3, 0.4) is 0 Å². The molecule has 1 heterocycles. The molecule has 0 amide bonds. The molecule has 0 fully saturated rings. The standard InChI is InChI=1S/C13H14N2O3/c1-9(2)7-18-8-15-11-6-4-3-5-10(11)12(16)14-13(15)17/h3-6H,1,7-8H2,2H3,(H,14,16,17). The molecule has 18 heavy (non-hydrogen) atoms. The number of aromatic nitrogens is 2. The molecule has 5 heteroatoms. The fraction of sp³-hybridized carbons (Fsp3) is 0.231. The topological polar surface area (TPSA) is 64.1 Å². The van der Waals surface area contributed by atoms with Crippen molar-refractivity contribution in [3.05, 3.63) is 57.3 Å². The number of aromatic amines is 1. The van der Waals surface area contributed by atoms with Gasteiger partial charge in [0.15, 0.2) is 0 Å². The predicted octanol–water partition coefficient (Wildman–Crippen LogP) is 1.24. The number of H-pyrrole nitrogens is 1. The number of para-hydroxylation sites is 1. The van der Waals surface area contributed by atoms with E-state index in [1.54, 1.807) is 24.3 Å². The lowest BCUT2D eigenvalue weighted by atomic mass is 10.2.